The Labute approximate surface area is 192 Å². The molecular formula is C25H36F3ORh-. The molecule has 5 heteroatoms. The Kier molecular flexibility index (Phi) is 5.99. The van der Waals surface area contributed by atoms with Gasteiger partial charge in [0.2, 0.25) is 0 Å². The number of rotatable bonds is 2. The van der Waals surface area contributed by atoms with Crippen molar-refractivity contribution in [3.05, 3.63) is 31.7 Å². The van der Waals surface area contributed by atoms with Gasteiger partial charge in [0.1, 0.15) is 0 Å². The summed E-state index contributed by atoms with van der Waals surface area (Å²) in [6.07, 6.45) is 3.83. The maximum absolute atomic E-state index is 13.6. The van der Waals surface area contributed by atoms with Gasteiger partial charge in [-0.15, -0.1) is 6.58 Å². The molecule has 173 valence electrons. The minimum absolute atomic E-state index is 0. The van der Waals surface area contributed by atoms with Crippen molar-refractivity contribution in [2.75, 3.05) is 0 Å². The molecule has 1 nitrogen and oxygen atoms in total. The first-order valence-corrected chi connectivity index (χ1v) is 11.3. The summed E-state index contributed by atoms with van der Waals surface area (Å²) in [5, 5.41) is 10.4. The molecule has 4 fully saturated rings. The van der Waals surface area contributed by atoms with Crippen LogP contribution < -0.4 is 0 Å². The van der Waals surface area contributed by atoms with Gasteiger partial charge < -0.3 is 5.11 Å². The molecule has 4 aliphatic carbocycles. The summed E-state index contributed by atoms with van der Waals surface area (Å²) >= 11 is 0. The van der Waals surface area contributed by atoms with Gasteiger partial charge in [0, 0.05) is 19.5 Å². The van der Waals surface area contributed by atoms with Gasteiger partial charge in [0.05, 0.1) is 0 Å². The van der Waals surface area contributed by atoms with Crippen molar-refractivity contribution in [2.45, 2.75) is 83.4 Å². The zero-order valence-corrected chi connectivity index (χ0v) is 19.9. The minimum atomic E-state index is -4.54. The Morgan fingerprint density at radius 3 is 2.23 bits per heavy atom. The molecule has 0 aromatic rings. The fraction of sp³-hybridized carbons (Fsp3) is 0.800. The van der Waals surface area contributed by atoms with E-state index in [9.17, 15) is 18.3 Å². The molecule has 0 aliphatic heterocycles. The largest absolute Gasteiger partial charge is 0.417 e. The second-order valence-electron chi connectivity index (χ2n) is 11.3. The van der Waals surface area contributed by atoms with Crippen molar-refractivity contribution in [1.82, 2.24) is 0 Å². The van der Waals surface area contributed by atoms with Crippen molar-refractivity contribution >= 4 is 0 Å². The summed E-state index contributed by atoms with van der Waals surface area (Å²) in [4.78, 5) is 0. The summed E-state index contributed by atoms with van der Waals surface area (Å²) in [6, 6.07) is 0. The number of aliphatic hydroxyl groups is 1. The molecule has 4 saturated carbocycles. The van der Waals surface area contributed by atoms with Crippen LogP contribution in [0.15, 0.2) is 24.8 Å². The molecule has 0 unspecified atom stereocenters. The van der Waals surface area contributed by atoms with Crippen molar-refractivity contribution in [3.8, 4) is 0 Å². The molecule has 0 bridgehead atoms. The molecule has 0 saturated heterocycles. The van der Waals surface area contributed by atoms with Crippen LogP contribution >= 0.6 is 0 Å². The van der Waals surface area contributed by atoms with Crippen LogP contribution in [0.25, 0.3) is 0 Å². The van der Waals surface area contributed by atoms with Crippen molar-refractivity contribution in [3.63, 3.8) is 0 Å². The monoisotopic (exact) mass is 512 g/mol. The minimum Gasteiger partial charge on any atom is -0.380 e. The first kappa shape index (κ1) is 24.4. The van der Waals surface area contributed by atoms with Gasteiger partial charge in [-0.2, -0.15) is 13.2 Å². The second kappa shape index (κ2) is 7.37. The Morgan fingerprint density at radius 1 is 1.03 bits per heavy atom. The van der Waals surface area contributed by atoms with Gasteiger partial charge in [0.25, 0.3) is 0 Å². The molecular weight excluding hydrogens is 476 g/mol. The van der Waals surface area contributed by atoms with Gasteiger partial charge in [-0.05, 0) is 97.7 Å². The number of allylic oxidation sites excluding steroid dienone is 2. The predicted molar refractivity (Wildman–Crippen MR) is 110 cm³/mol. The molecule has 0 spiro atoms. The quantitative estimate of drug-likeness (QED) is 0.243. The SMILES string of the molecule is C=C[C@@]12CC[C@H](C(=C)[CH2-])[C@@]1(C)CC[C@@H]1[C@H]3CC[C@](O)(C(F)(F)F)C[C@@]3(C)CC[C@H]12.[Rh]. The number of alkyl halides is 3. The Balaban J connectivity index is 0.00000256. The zero-order valence-electron chi connectivity index (χ0n) is 18.3. The van der Waals surface area contributed by atoms with E-state index in [4.69, 9.17) is 0 Å². The third kappa shape index (κ3) is 3.04. The molecule has 1 N–H and O–H groups in total. The normalized spacial score (nSPS) is 50.5. The summed E-state index contributed by atoms with van der Waals surface area (Å²) in [6.45, 7) is 17.0. The second-order valence-corrected chi connectivity index (χ2v) is 11.3. The van der Waals surface area contributed by atoms with E-state index in [1.54, 1.807) is 0 Å². The van der Waals surface area contributed by atoms with Crippen LogP contribution in [0, 0.1) is 46.8 Å². The molecule has 0 heterocycles. The first-order chi connectivity index (χ1) is 13.3. The van der Waals surface area contributed by atoms with Gasteiger partial charge in [0.15, 0.2) is 5.60 Å². The molecule has 4 aliphatic rings. The van der Waals surface area contributed by atoms with Crippen LogP contribution in [-0.2, 0) is 19.5 Å². The van der Waals surface area contributed by atoms with Crippen LogP contribution in [0.2, 0.25) is 0 Å². The van der Waals surface area contributed by atoms with E-state index in [0.717, 1.165) is 44.1 Å². The van der Waals surface area contributed by atoms with E-state index in [-0.39, 0.29) is 49.1 Å². The van der Waals surface area contributed by atoms with E-state index in [1.165, 1.54) is 0 Å². The maximum Gasteiger partial charge on any atom is 0.417 e. The van der Waals surface area contributed by atoms with Crippen LogP contribution in [-0.4, -0.2) is 16.9 Å². The number of halogens is 3. The van der Waals surface area contributed by atoms with Crippen LogP contribution in [0.3, 0.4) is 0 Å². The van der Waals surface area contributed by atoms with Crippen molar-refractivity contribution in [2.24, 2.45) is 39.9 Å². The third-order valence-electron chi connectivity index (χ3n) is 10.2. The average Bonchev–Trinajstić information content (AvgIpc) is 2.93. The Hall–Kier alpha value is -0.277. The molecule has 4 rings (SSSR count). The fourth-order valence-electron chi connectivity index (χ4n) is 8.83. The molecule has 1 radical (unpaired) electrons. The van der Waals surface area contributed by atoms with Gasteiger partial charge in [-0.1, -0.05) is 19.9 Å². The maximum atomic E-state index is 13.6. The summed E-state index contributed by atoms with van der Waals surface area (Å²) < 4.78 is 40.7. The van der Waals surface area contributed by atoms with Crippen LogP contribution in [0.1, 0.15) is 71.6 Å². The summed E-state index contributed by atoms with van der Waals surface area (Å²) in [5.74, 6) is 1.55. The molecule has 30 heavy (non-hydrogen) atoms. The van der Waals surface area contributed by atoms with E-state index < -0.39 is 17.2 Å². The Morgan fingerprint density at radius 2 is 1.67 bits per heavy atom. The molecule has 0 aromatic heterocycles. The van der Waals surface area contributed by atoms with E-state index in [2.05, 4.69) is 33.1 Å². The molecule has 8 atom stereocenters. The standard InChI is InChI=1S/C25H36F3O.Rh/c1-6-23-13-9-18(16(2)3)22(23,5)12-7-17-19-10-14-24(29,25(26,27)28)15-21(19,4)11-8-20(17)23;/h6,17-20,29H,1-3,7-15H2,4-5H3;/q-1;/t17-,18-,19-,20-,21-,22-,23+,24-;/m1./s1. The number of fused-ring (bicyclic) bond motifs is 5. The third-order valence-corrected chi connectivity index (χ3v) is 10.2. The topological polar surface area (TPSA) is 20.2 Å². The predicted octanol–water partition coefficient (Wildman–Crippen LogP) is 6.88. The van der Waals surface area contributed by atoms with E-state index >= 15 is 0 Å². The first-order valence-electron chi connectivity index (χ1n) is 11.3. The van der Waals surface area contributed by atoms with Gasteiger partial charge in [-0.3, -0.25) is 0 Å². The van der Waals surface area contributed by atoms with Gasteiger partial charge in [-0.25, -0.2) is 19.1 Å². The molecule has 0 amide bonds. The molecule has 0 aromatic carbocycles. The van der Waals surface area contributed by atoms with E-state index in [0.29, 0.717) is 24.2 Å². The summed E-state index contributed by atoms with van der Waals surface area (Å²) in [5.41, 5.74) is -1.81. The number of hydrogen-bond donors (Lipinski definition) is 1. The van der Waals surface area contributed by atoms with Crippen molar-refractivity contribution < 1.29 is 37.8 Å². The Bertz CT molecular complexity index is 720. The van der Waals surface area contributed by atoms with Crippen LogP contribution in [0.4, 0.5) is 13.2 Å². The summed E-state index contributed by atoms with van der Waals surface area (Å²) in [7, 11) is 0. The number of hydrogen-bond acceptors (Lipinski definition) is 1. The van der Waals surface area contributed by atoms with Crippen LogP contribution in [0.5, 0.6) is 0 Å². The smallest absolute Gasteiger partial charge is 0.380 e. The fourth-order valence-corrected chi connectivity index (χ4v) is 8.83. The zero-order chi connectivity index (χ0) is 21.5. The van der Waals surface area contributed by atoms with Gasteiger partial charge >= 0.3 is 6.18 Å². The average molecular weight is 512 g/mol. The van der Waals surface area contributed by atoms with E-state index in [1.807, 2.05) is 6.92 Å². The van der Waals surface area contributed by atoms with Crippen molar-refractivity contribution in [1.29, 1.82) is 0 Å².